The monoisotopic (exact) mass is 633 g/mol. The van der Waals surface area contributed by atoms with Gasteiger partial charge < -0.3 is 4.90 Å². The lowest BCUT2D eigenvalue weighted by Crippen LogP contribution is -2.10. The van der Waals surface area contributed by atoms with Gasteiger partial charge in [-0.25, -0.2) is 0 Å². The molecular formula is C44H27NS2. The van der Waals surface area contributed by atoms with Crippen molar-refractivity contribution in [3.05, 3.63) is 164 Å². The molecule has 0 saturated heterocycles. The van der Waals surface area contributed by atoms with E-state index in [1.165, 1.54) is 78.7 Å². The minimum atomic E-state index is 1.14. The average Bonchev–Trinajstić information content (AvgIpc) is 3.69. The molecule has 8 aromatic carbocycles. The van der Waals surface area contributed by atoms with Gasteiger partial charge in [-0.2, -0.15) is 0 Å². The Morgan fingerprint density at radius 1 is 0.362 bits per heavy atom. The van der Waals surface area contributed by atoms with Gasteiger partial charge in [0, 0.05) is 51.7 Å². The van der Waals surface area contributed by atoms with Crippen LogP contribution in [0.2, 0.25) is 0 Å². The topological polar surface area (TPSA) is 3.24 Å². The highest BCUT2D eigenvalue weighted by Gasteiger charge is 2.21. The van der Waals surface area contributed by atoms with Gasteiger partial charge in [-0.3, -0.25) is 0 Å². The average molecular weight is 634 g/mol. The number of hydrogen-bond donors (Lipinski definition) is 0. The third-order valence-corrected chi connectivity index (χ3v) is 11.7. The van der Waals surface area contributed by atoms with E-state index in [-0.39, 0.29) is 0 Å². The number of para-hydroxylation sites is 1. The van der Waals surface area contributed by atoms with Crippen LogP contribution in [0.5, 0.6) is 0 Å². The van der Waals surface area contributed by atoms with Crippen LogP contribution in [0, 0.1) is 0 Å². The minimum Gasteiger partial charge on any atom is -0.310 e. The predicted molar refractivity (Wildman–Crippen MR) is 207 cm³/mol. The highest BCUT2D eigenvalue weighted by atomic mass is 32.1. The fourth-order valence-corrected chi connectivity index (χ4v) is 9.65. The van der Waals surface area contributed by atoms with Crippen molar-refractivity contribution in [1.82, 2.24) is 0 Å². The van der Waals surface area contributed by atoms with Crippen LogP contribution >= 0.6 is 22.7 Å². The van der Waals surface area contributed by atoms with Crippen LogP contribution in [0.4, 0.5) is 17.1 Å². The molecule has 2 heterocycles. The summed E-state index contributed by atoms with van der Waals surface area (Å²) in [6, 6.07) is 60.0. The lowest BCUT2D eigenvalue weighted by molar-refractivity contribution is 1.30. The van der Waals surface area contributed by atoms with Gasteiger partial charge in [-0.15, -0.1) is 22.7 Å². The maximum atomic E-state index is 2.43. The number of hydrogen-bond acceptors (Lipinski definition) is 3. The molecule has 10 rings (SSSR count). The second-order valence-corrected chi connectivity index (χ2v) is 14.3. The van der Waals surface area contributed by atoms with Gasteiger partial charge in [0.1, 0.15) is 0 Å². The molecule has 0 amide bonds. The zero-order valence-electron chi connectivity index (χ0n) is 25.4. The van der Waals surface area contributed by atoms with Crippen LogP contribution in [-0.2, 0) is 0 Å². The van der Waals surface area contributed by atoms with E-state index in [2.05, 4.69) is 169 Å². The number of thiophene rings is 2. The van der Waals surface area contributed by atoms with Gasteiger partial charge in [-0.05, 0) is 93.3 Å². The van der Waals surface area contributed by atoms with Gasteiger partial charge in [-0.1, -0.05) is 103 Å². The van der Waals surface area contributed by atoms with E-state index < -0.39 is 0 Å². The van der Waals surface area contributed by atoms with Crippen molar-refractivity contribution >= 4 is 102 Å². The van der Waals surface area contributed by atoms with Gasteiger partial charge in [0.15, 0.2) is 0 Å². The van der Waals surface area contributed by atoms with Crippen molar-refractivity contribution in [2.24, 2.45) is 0 Å². The van der Waals surface area contributed by atoms with Crippen LogP contribution in [0.25, 0.3) is 73.0 Å². The highest BCUT2D eigenvalue weighted by Crippen LogP contribution is 2.50. The largest absolute Gasteiger partial charge is 0.310 e. The second kappa shape index (κ2) is 10.5. The van der Waals surface area contributed by atoms with E-state index in [1.807, 2.05) is 22.7 Å². The first-order valence-corrected chi connectivity index (χ1v) is 17.6. The number of fused-ring (bicyclic) bond motifs is 9. The third-order valence-electron chi connectivity index (χ3n) is 9.41. The molecule has 0 spiro atoms. The summed E-state index contributed by atoms with van der Waals surface area (Å²) < 4.78 is 5.34. The number of nitrogens with zero attached hydrogens (tertiary/aromatic N) is 1. The quantitative estimate of drug-likeness (QED) is 0.186. The Balaban J connectivity index is 1.19. The van der Waals surface area contributed by atoms with E-state index in [9.17, 15) is 0 Å². The summed E-state index contributed by atoms with van der Waals surface area (Å²) in [5.74, 6) is 0. The summed E-state index contributed by atoms with van der Waals surface area (Å²) in [7, 11) is 0. The standard InChI is InChI=1S/C44H27NS2/c1-2-13-34(14-3-1)45(35-21-19-29(20-22-35)33-18-17-28-9-4-5-10-30(28)25-33)38-15-8-16-39-42(38)43-40(46-39)24-23-36-37-26-31-11-6-7-12-32(31)27-41(37)47-44(36)43/h1-27H. The fraction of sp³-hybridized carbons (Fsp3) is 0. The van der Waals surface area contributed by atoms with E-state index in [0.29, 0.717) is 0 Å². The van der Waals surface area contributed by atoms with Gasteiger partial charge in [0.05, 0.1) is 5.69 Å². The molecule has 0 fully saturated rings. The molecular weight excluding hydrogens is 607 g/mol. The molecule has 1 nitrogen and oxygen atoms in total. The molecule has 0 radical (unpaired) electrons. The summed E-state index contributed by atoms with van der Waals surface area (Å²) in [5, 5.41) is 10.5. The Labute approximate surface area is 280 Å². The zero-order valence-corrected chi connectivity index (χ0v) is 27.0. The molecule has 0 bridgehead atoms. The molecule has 10 aromatic rings. The van der Waals surface area contributed by atoms with Crippen LogP contribution in [0.15, 0.2) is 164 Å². The smallest absolute Gasteiger partial charge is 0.0555 e. The first kappa shape index (κ1) is 26.7. The van der Waals surface area contributed by atoms with Crippen molar-refractivity contribution in [2.45, 2.75) is 0 Å². The number of benzene rings is 8. The van der Waals surface area contributed by atoms with Crippen molar-refractivity contribution in [2.75, 3.05) is 4.90 Å². The molecule has 3 heteroatoms. The molecule has 220 valence electrons. The van der Waals surface area contributed by atoms with Crippen LogP contribution in [0.1, 0.15) is 0 Å². The van der Waals surface area contributed by atoms with E-state index in [0.717, 1.165) is 11.4 Å². The summed E-state index contributed by atoms with van der Waals surface area (Å²) in [5.41, 5.74) is 5.93. The highest BCUT2D eigenvalue weighted by molar-refractivity contribution is 7.30. The molecule has 0 aliphatic rings. The molecule has 0 atom stereocenters. The first-order valence-electron chi connectivity index (χ1n) is 15.9. The Morgan fingerprint density at radius 2 is 1.02 bits per heavy atom. The first-order chi connectivity index (χ1) is 23.3. The zero-order chi connectivity index (χ0) is 30.9. The molecule has 0 N–H and O–H groups in total. The maximum Gasteiger partial charge on any atom is 0.0555 e. The van der Waals surface area contributed by atoms with Gasteiger partial charge >= 0.3 is 0 Å². The lowest BCUT2D eigenvalue weighted by atomic mass is 10.0. The normalized spacial score (nSPS) is 11.8. The fourth-order valence-electron chi connectivity index (χ4n) is 7.17. The predicted octanol–water partition coefficient (Wildman–Crippen LogP) is 13.9. The molecule has 0 aliphatic heterocycles. The van der Waals surface area contributed by atoms with E-state index in [4.69, 9.17) is 0 Å². The maximum absolute atomic E-state index is 2.43. The van der Waals surface area contributed by atoms with E-state index >= 15 is 0 Å². The van der Waals surface area contributed by atoms with Crippen molar-refractivity contribution < 1.29 is 0 Å². The van der Waals surface area contributed by atoms with Crippen molar-refractivity contribution in [1.29, 1.82) is 0 Å². The number of anilines is 3. The molecule has 47 heavy (non-hydrogen) atoms. The Hall–Kier alpha value is -5.48. The van der Waals surface area contributed by atoms with Crippen LogP contribution in [-0.4, -0.2) is 0 Å². The van der Waals surface area contributed by atoms with Gasteiger partial charge in [0.2, 0.25) is 0 Å². The Morgan fingerprint density at radius 3 is 1.83 bits per heavy atom. The van der Waals surface area contributed by atoms with Crippen LogP contribution < -0.4 is 4.90 Å². The second-order valence-electron chi connectivity index (χ2n) is 12.1. The van der Waals surface area contributed by atoms with Crippen LogP contribution in [0.3, 0.4) is 0 Å². The lowest BCUT2D eigenvalue weighted by Gasteiger charge is -2.26. The summed E-state index contributed by atoms with van der Waals surface area (Å²) in [4.78, 5) is 2.43. The molecule has 0 saturated carbocycles. The van der Waals surface area contributed by atoms with Gasteiger partial charge in [0.25, 0.3) is 0 Å². The molecule has 2 aromatic heterocycles. The summed E-state index contributed by atoms with van der Waals surface area (Å²) in [6.45, 7) is 0. The summed E-state index contributed by atoms with van der Waals surface area (Å²) in [6.07, 6.45) is 0. The number of rotatable bonds is 4. The Bertz CT molecular complexity index is 2790. The van der Waals surface area contributed by atoms with Crippen molar-refractivity contribution in [3.8, 4) is 11.1 Å². The van der Waals surface area contributed by atoms with E-state index in [1.54, 1.807) is 0 Å². The summed E-state index contributed by atoms with van der Waals surface area (Å²) >= 11 is 3.82. The van der Waals surface area contributed by atoms with Crippen molar-refractivity contribution in [3.63, 3.8) is 0 Å². The SMILES string of the molecule is c1ccc(N(c2ccc(-c3ccc4ccccc4c3)cc2)c2cccc3sc4ccc5c6cc7ccccc7cc6sc5c4c23)cc1. The molecule has 0 unspecified atom stereocenters. The molecule has 0 aliphatic carbocycles. The Kier molecular flexibility index (Phi) is 5.98. The third kappa shape index (κ3) is 4.28. The minimum absolute atomic E-state index is 1.14.